The second-order valence-electron chi connectivity index (χ2n) is 5.84. The number of halogens is 4. The van der Waals surface area contributed by atoms with Crippen molar-refractivity contribution in [3.05, 3.63) is 63.1 Å². The zero-order valence-corrected chi connectivity index (χ0v) is 16.1. The summed E-state index contributed by atoms with van der Waals surface area (Å²) < 4.78 is 45.7. The molecule has 3 aromatic heterocycles. The van der Waals surface area contributed by atoms with Gasteiger partial charge in [-0.1, -0.05) is 23.4 Å². The van der Waals surface area contributed by atoms with Crippen LogP contribution < -0.4 is 0 Å². The van der Waals surface area contributed by atoms with Crippen LogP contribution in [0.15, 0.2) is 46.1 Å². The summed E-state index contributed by atoms with van der Waals surface area (Å²) in [6.07, 6.45) is -3.71. The van der Waals surface area contributed by atoms with Gasteiger partial charge in [-0.15, -0.1) is 20.4 Å². The molecule has 0 bridgehead atoms. The van der Waals surface area contributed by atoms with Crippen LogP contribution in [-0.2, 0) is 11.9 Å². The molecule has 154 valence electrons. The summed E-state index contributed by atoms with van der Waals surface area (Å²) in [6, 6.07) is 6.33. The van der Waals surface area contributed by atoms with E-state index in [4.69, 9.17) is 16.0 Å². The number of pyridine rings is 1. The molecule has 0 aliphatic carbocycles. The van der Waals surface area contributed by atoms with Crippen LogP contribution in [0, 0.1) is 10.1 Å². The number of fused-ring (bicyclic) bond motifs is 1. The molecule has 0 saturated heterocycles. The lowest BCUT2D eigenvalue weighted by Gasteiger charge is -2.08. The molecule has 9 nitrogen and oxygen atoms in total. The predicted molar refractivity (Wildman–Crippen MR) is 98.9 cm³/mol. The summed E-state index contributed by atoms with van der Waals surface area (Å²) in [5.41, 5.74) is -0.437. The number of non-ortho nitro benzene ring substituents is 1. The van der Waals surface area contributed by atoms with Crippen LogP contribution in [0.3, 0.4) is 0 Å². The Morgan fingerprint density at radius 2 is 1.90 bits per heavy atom. The van der Waals surface area contributed by atoms with E-state index in [-0.39, 0.29) is 39.0 Å². The molecule has 0 radical (unpaired) electrons. The first-order chi connectivity index (χ1) is 14.2. The molecule has 3 heterocycles. The topological polar surface area (TPSA) is 112 Å². The largest absolute Gasteiger partial charge is 0.420 e. The maximum Gasteiger partial charge on any atom is 0.417 e. The van der Waals surface area contributed by atoms with E-state index in [2.05, 4.69) is 20.4 Å². The Morgan fingerprint density at radius 3 is 2.57 bits per heavy atom. The number of nitrogens with zero attached hydrogens (tertiary/aromatic N) is 6. The number of nitro groups is 1. The second kappa shape index (κ2) is 7.57. The summed E-state index contributed by atoms with van der Waals surface area (Å²) in [4.78, 5) is 10.2. The first-order valence-electron chi connectivity index (χ1n) is 8.04. The van der Waals surface area contributed by atoms with Gasteiger partial charge < -0.3 is 4.42 Å². The van der Waals surface area contributed by atoms with E-state index in [1.54, 1.807) is 0 Å². The number of nitro benzene ring substituents is 1. The Hall–Kier alpha value is -3.19. The van der Waals surface area contributed by atoms with Gasteiger partial charge in [0.1, 0.15) is 0 Å². The third kappa shape index (κ3) is 3.93. The Labute approximate surface area is 174 Å². The lowest BCUT2D eigenvalue weighted by atomic mass is 10.2. The number of benzene rings is 1. The summed E-state index contributed by atoms with van der Waals surface area (Å²) in [7, 11) is 0. The third-order valence-corrected chi connectivity index (χ3v) is 5.08. The summed E-state index contributed by atoms with van der Waals surface area (Å²) >= 11 is 6.92. The second-order valence-corrected chi connectivity index (χ2v) is 7.19. The van der Waals surface area contributed by atoms with Crippen LogP contribution >= 0.6 is 23.4 Å². The highest BCUT2D eigenvalue weighted by Crippen LogP contribution is 2.33. The molecular weight excluding hydrogens is 449 g/mol. The molecule has 0 atom stereocenters. The zero-order chi connectivity index (χ0) is 21.5. The fourth-order valence-corrected chi connectivity index (χ4v) is 3.46. The van der Waals surface area contributed by atoms with Crippen LogP contribution in [0.4, 0.5) is 18.9 Å². The van der Waals surface area contributed by atoms with E-state index >= 15 is 0 Å². The summed E-state index contributed by atoms with van der Waals surface area (Å²) in [5, 5.41) is 26.1. The van der Waals surface area contributed by atoms with Crippen LogP contribution in [-0.4, -0.2) is 29.7 Å². The van der Waals surface area contributed by atoms with Gasteiger partial charge in [0, 0.05) is 23.9 Å². The van der Waals surface area contributed by atoms with Crippen molar-refractivity contribution >= 4 is 34.7 Å². The van der Waals surface area contributed by atoms with Crippen LogP contribution in [0.5, 0.6) is 0 Å². The van der Waals surface area contributed by atoms with Gasteiger partial charge in [-0.2, -0.15) is 13.2 Å². The third-order valence-electron chi connectivity index (χ3n) is 3.87. The quantitative estimate of drug-likeness (QED) is 0.242. The molecule has 0 aliphatic heterocycles. The normalized spacial score (nSPS) is 11.9. The first-order valence-corrected chi connectivity index (χ1v) is 9.40. The highest BCUT2D eigenvalue weighted by molar-refractivity contribution is 7.98. The van der Waals surface area contributed by atoms with Gasteiger partial charge in [-0.05, 0) is 18.2 Å². The van der Waals surface area contributed by atoms with Gasteiger partial charge >= 0.3 is 6.18 Å². The highest BCUT2D eigenvalue weighted by Gasteiger charge is 2.32. The molecule has 0 N–H and O–H groups in total. The SMILES string of the molecule is O=[N+]([O-])c1ccc(-c2nnc(CSc3nnc4c(Cl)cc(C(F)(F)F)cn34)o2)cc1. The minimum atomic E-state index is -4.57. The van der Waals surface area contributed by atoms with Gasteiger partial charge in [0.15, 0.2) is 10.8 Å². The number of aromatic nitrogens is 5. The Morgan fingerprint density at radius 1 is 1.17 bits per heavy atom. The van der Waals surface area contributed by atoms with Gasteiger partial charge in [0.2, 0.25) is 11.8 Å². The number of rotatable bonds is 5. The van der Waals surface area contributed by atoms with Crippen molar-refractivity contribution in [3.63, 3.8) is 0 Å². The van der Waals surface area contributed by atoms with E-state index in [1.807, 2.05) is 0 Å². The summed E-state index contributed by atoms with van der Waals surface area (Å²) in [5.74, 6) is 0.437. The van der Waals surface area contributed by atoms with E-state index in [0.717, 1.165) is 28.4 Å². The molecule has 0 fully saturated rings. The standard InChI is InChI=1S/C16H8ClF3N6O3S/c17-11-5-9(16(18,19)20)6-25-13(11)22-24-15(25)30-7-12-21-23-14(29-12)8-1-3-10(4-2-8)26(27)28/h1-6H,7H2. The molecular formula is C16H8ClF3N6O3S. The molecule has 14 heteroatoms. The van der Waals surface area contributed by atoms with Crippen molar-refractivity contribution < 1.29 is 22.5 Å². The summed E-state index contributed by atoms with van der Waals surface area (Å²) in [6.45, 7) is 0. The highest BCUT2D eigenvalue weighted by atomic mass is 35.5. The van der Waals surface area contributed by atoms with Gasteiger partial charge in [0.25, 0.3) is 5.69 Å². The maximum absolute atomic E-state index is 13.0. The number of thioether (sulfide) groups is 1. The molecule has 4 rings (SSSR count). The van der Waals surface area contributed by atoms with Gasteiger partial charge in [0.05, 0.1) is 21.3 Å². The number of alkyl halides is 3. The Kier molecular flexibility index (Phi) is 5.07. The average molecular weight is 457 g/mol. The van der Waals surface area contributed by atoms with Crippen molar-refractivity contribution in [2.24, 2.45) is 0 Å². The van der Waals surface area contributed by atoms with E-state index in [9.17, 15) is 23.3 Å². The van der Waals surface area contributed by atoms with Crippen molar-refractivity contribution in [3.8, 4) is 11.5 Å². The molecule has 0 aliphatic rings. The molecule has 0 spiro atoms. The number of hydrogen-bond acceptors (Lipinski definition) is 8. The first kappa shape index (κ1) is 20.1. The van der Waals surface area contributed by atoms with Crippen molar-refractivity contribution in [2.45, 2.75) is 17.1 Å². The lowest BCUT2D eigenvalue weighted by Crippen LogP contribution is -2.07. The number of hydrogen-bond donors (Lipinski definition) is 0. The van der Waals surface area contributed by atoms with E-state index < -0.39 is 16.7 Å². The predicted octanol–water partition coefficient (Wildman–Crippen LogP) is 4.65. The van der Waals surface area contributed by atoms with Gasteiger partial charge in [-0.3, -0.25) is 14.5 Å². The Bertz CT molecular complexity index is 1240. The lowest BCUT2D eigenvalue weighted by molar-refractivity contribution is -0.384. The van der Waals surface area contributed by atoms with Crippen LogP contribution in [0.1, 0.15) is 11.5 Å². The minimum absolute atomic E-state index is 0.0791. The van der Waals surface area contributed by atoms with Crippen LogP contribution in [0.25, 0.3) is 17.1 Å². The molecule has 1 aromatic carbocycles. The Balaban J connectivity index is 1.53. The smallest absolute Gasteiger partial charge is 0.417 e. The minimum Gasteiger partial charge on any atom is -0.420 e. The molecule has 4 aromatic rings. The van der Waals surface area contributed by atoms with E-state index in [1.165, 1.54) is 24.3 Å². The molecule has 0 saturated carbocycles. The average Bonchev–Trinajstić information content (AvgIpc) is 3.33. The van der Waals surface area contributed by atoms with Crippen molar-refractivity contribution in [2.75, 3.05) is 0 Å². The fourth-order valence-electron chi connectivity index (χ4n) is 2.47. The monoisotopic (exact) mass is 456 g/mol. The van der Waals surface area contributed by atoms with Gasteiger partial charge in [-0.25, -0.2) is 0 Å². The molecule has 30 heavy (non-hydrogen) atoms. The van der Waals surface area contributed by atoms with Crippen molar-refractivity contribution in [1.82, 2.24) is 24.8 Å². The maximum atomic E-state index is 13.0. The fraction of sp³-hybridized carbons (Fsp3) is 0.125. The van der Waals surface area contributed by atoms with Crippen LogP contribution in [0.2, 0.25) is 5.02 Å². The molecule has 0 unspecified atom stereocenters. The zero-order valence-electron chi connectivity index (χ0n) is 14.5. The van der Waals surface area contributed by atoms with E-state index in [0.29, 0.717) is 5.56 Å². The molecule has 0 amide bonds. The van der Waals surface area contributed by atoms with Crippen molar-refractivity contribution in [1.29, 1.82) is 0 Å².